The predicted octanol–water partition coefficient (Wildman–Crippen LogP) is 0.658. The number of allylic oxidation sites excluding steroid dienone is 2. The molecule has 2 aliphatic rings. The summed E-state index contributed by atoms with van der Waals surface area (Å²) in [4.78, 5) is 10.4. The van der Waals surface area contributed by atoms with Crippen molar-refractivity contribution in [3.05, 3.63) is 24.3 Å². The van der Waals surface area contributed by atoms with E-state index < -0.39 is 0 Å². The molecule has 1 saturated heterocycles. The fourth-order valence-corrected chi connectivity index (χ4v) is 1.76. The zero-order valence-electron chi connectivity index (χ0n) is 6.23. The molecule has 1 N–H and O–H groups in total. The minimum Gasteiger partial charge on any atom is -0.302 e. The van der Waals surface area contributed by atoms with Crippen LogP contribution in [0.2, 0.25) is 0 Å². The van der Waals surface area contributed by atoms with Gasteiger partial charge >= 0.3 is 0 Å². The molecule has 1 fully saturated rings. The first kappa shape index (κ1) is 6.80. The Morgan fingerprint density at radius 3 is 2.91 bits per heavy atom. The molecular formula is C9H11NO. The van der Waals surface area contributed by atoms with Gasteiger partial charge in [-0.15, -0.1) is 0 Å². The molecule has 3 atom stereocenters. The summed E-state index contributed by atoms with van der Waals surface area (Å²) in [7, 11) is 0. The molecule has 0 spiro atoms. The van der Waals surface area contributed by atoms with Crippen molar-refractivity contribution < 1.29 is 4.79 Å². The summed E-state index contributed by atoms with van der Waals surface area (Å²) < 4.78 is 0. The lowest BCUT2D eigenvalue weighted by atomic mass is 9.95. The second-order valence-electron chi connectivity index (χ2n) is 3.10. The first-order valence-electron chi connectivity index (χ1n) is 3.96. The highest BCUT2D eigenvalue weighted by Crippen LogP contribution is 2.24. The van der Waals surface area contributed by atoms with Gasteiger partial charge in [0, 0.05) is 6.04 Å². The molecule has 0 saturated carbocycles. The Hall–Kier alpha value is -0.890. The van der Waals surface area contributed by atoms with Crippen LogP contribution < -0.4 is 5.32 Å². The number of fused-ring (bicyclic) bond motifs is 1. The number of hydrogen-bond donors (Lipinski definition) is 1. The van der Waals surface area contributed by atoms with E-state index in [-0.39, 0.29) is 6.04 Å². The predicted molar refractivity (Wildman–Crippen MR) is 43.2 cm³/mol. The highest BCUT2D eigenvalue weighted by molar-refractivity contribution is 5.59. The van der Waals surface area contributed by atoms with Gasteiger partial charge in [-0.3, -0.25) is 0 Å². The topological polar surface area (TPSA) is 29.1 Å². The maximum atomic E-state index is 10.4. The van der Waals surface area contributed by atoms with Crippen LogP contribution >= 0.6 is 0 Å². The zero-order chi connectivity index (χ0) is 7.68. The molecule has 2 nitrogen and oxygen atoms in total. The molecule has 0 aromatic carbocycles. The molecule has 0 aromatic heterocycles. The largest absolute Gasteiger partial charge is 0.302 e. The lowest BCUT2D eigenvalue weighted by Crippen LogP contribution is -2.30. The van der Waals surface area contributed by atoms with Crippen molar-refractivity contribution >= 4 is 6.29 Å². The van der Waals surface area contributed by atoms with E-state index in [9.17, 15) is 4.79 Å². The molecule has 3 unspecified atom stereocenters. The average Bonchev–Trinajstić information content (AvgIpc) is 2.46. The fourth-order valence-electron chi connectivity index (χ4n) is 1.76. The molecule has 1 aliphatic carbocycles. The Balaban J connectivity index is 2.11. The van der Waals surface area contributed by atoms with E-state index in [1.54, 1.807) is 0 Å². The smallest absolute Gasteiger partial charge is 0.136 e. The van der Waals surface area contributed by atoms with Gasteiger partial charge in [-0.05, 0) is 12.3 Å². The minimum atomic E-state index is 0.0670. The van der Waals surface area contributed by atoms with Gasteiger partial charge in [0.2, 0.25) is 0 Å². The lowest BCUT2D eigenvalue weighted by Gasteiger charge is -2.13. The molecule has 2 heteroatoms. The van der Waals surface area contributed by atoms with Crippen LogP contribution in [0.3, 0.4) is 0 Å². The molecule has 1 heterocycles. The van der Waals surface area contributed by atoms with Crippen molar-refractivity contribution in [1.29, 1.82) is 0 Å². The van der Waals surface area contributed by atoms with E-state index in [0.29, 0.717) is 12.0 Å². The van der Waals surface area contributed by atoms with Gasteiger partial charge < -0.3 is 10.1 Å². The minimum absolute atomic E-state index is 0.0670. The molecule has 0 amide bonds. The zero-order valence-corrected chi connectivity index (χ0v) is 6.23. The Labute approximate surface area is 66.0 Å². The highest BCUT2D eigenvalue weighted by atomic mass is 16.1. The fraction of sp³-hybridized carbons (Fsp3) is 0.444. The second kappa shape index (κ2) is 2.62. The number of hydrogen-bond acceptors (Lipinski definition) is 2. The first-order valence-corrected chi connectivity index (χ1v) is 3.96. The number of aldehydes is 1. The molecule has 11 heavy (non-hydrogen) atoms. The van der Waals surface area contributed by atoms with Crippen molar-refractivity contribution in [2.45, 2.75) is 18.5 Å². The molecule has 2 rings (SSSR count). The van der Waals surface area contributed by atoms with E-state index in [1.165, 1.54) is 0 Å². The number of carbonyl (C=O) groups is 1. The normalized spacial score (nSPS) is 40.5. The van der Waals surface area contributed by atoms with Crippen molar-refractivity contribution in [3.63, 3.8) is 0 Å². The van der Waals surface area contributed by atoms with Gasteiger partial charge in [0.15, 0.2) is 0 Å². The highest BCUT2D eigenvalue weighted by Gasteiger charge is 2.30. The summed E-state index contributed by atoms with van der Waals surface area (Å²) in [5.41, 5.74) is 0. The van der Waals surface area contributed by atoms with Gasteiger partial charge in [0.05, 0.1) is 6.04 Å². The summed E-state index contributed by atoms with van der Waals surface area (Å²) in [6.45, 7) is 0. The van der Waals surface area contributed by atoms with Crippen LogP contribution in [0.5, 0.6) is 0 Å². The number of rotatable bonds is 1. The monoisotopic (exact) mass is 149 g/mol. The van der Waals surface area contributed by atoms with Gasteiger partial charge in [-0.1, -0.05) is 24.3 Å². The van der Waals surface area contributed by atoms with Crippen molar-refractivity contribution in [2.75, 3.05) is 0 Å². The van der Waals surface area contributed by atoms with Crippen LogP contribution in [0, 0.1) is 5.92 Å². The van der Waals surface area contributed by atoms with Crippen LogP contribution in [-0.4, -0.2) is 18.4 Å². The summed E-state index contributed by atoms with van der Waals surface area (Å²) >= 11 is 0. The standard InChI is InChI=1S/C9H11NO/c11-6-8-5-7-3-1-2-4-9(7)10-8/h1-4,6-10H,5H2. The third kappa shape index (κ3) is 1.14. The third-order valence-corrected chi connectivity index (χ3v) is 2.35. The Morgan fingerprint density at radius 1 is 1.36 bits per heavy atom. The van der Waals surface area contributed by atoms with Gasteiger partial charge in [-0.25, -0.2) is 0 Å². The van der Waals surface area contributed by atoms with E-state index >= 15 is 0 Å². The van der Waals surface area contributed by atoms with Crippen molar-refractivity contribution in [1.82, 2.24) is 5.32 Å². The first-order chi connectivity index (χ1) is 5.40. The molecule has 0 aromatic rings. The average molecular weight is 149 g/mol. The molecular weight excluding hydrogens is 138 g/mol. The molecule has 58 valence electrons. The van der Waals surface area contributed by atoms with Gasteiger partial charge in [0.25, 0.3) is 0 Å². The number of nitrogens with one attached hydrogen (secondary N) is 1. The maximum Gasteiger partial charge on any atom is 0.136 e. The lowest BCUT2D eigenvalue weighted by molar-refractivity contribution is -0.109. The second-order valence-corrected chi connectivity index (χ2v) is 3.10. The van der Waals surface area contributed by atoms with Gasteiger partial charge in [0.1, 0.15) is 6.29 Å². The van der Waals surface area contributed by atoms with E-state index in [2.05, 4.69) is 23.5 Å². The summed E-state index contributed by atoms with van der Waals surface area (Å²) in [5.74, 6) is 0.537. The van der Waals surface area contributed by atoms with Crippen LogP contribution in [0.15, 0.2) is 24.3 Å². The Morgan fingerprint density at radius 2 is 2.18 bits per heavy atom. The molecule has 0 bridgehead atoms. The quantitative estimate of drug-likeness (QED) is 0.555. The molecule has 1 aliphatic heterocycles. The van der Waals surface area contributed by atoms with E-state index in [4.69, 9.17) is 0 Å². The van der Waals surface area contributed by atoms with E-state index in [1.807, 2.05) is 6.08 Å². The van der Waals surface area contributed by atoms with Crippen LogP contribution in [0.4, 0.5) is 0 Å². The SMILES string of the molecule is O=CC1CC2C=CC=CC2N1. The van der Waals surface area contributed by atoms with Crippen LogP contribution in [0.25, 0.3) is 0 Å². The van der Waals surface area contributed by atoms with Crippen LogP contribution in [0.1, 0.15) is 6.42 Å². The Bertz CT molecular complexity index is 200. The van der Waals surface area contributed by atoms with Crippen molar-refractivity contribution in [3.8, 4) is 0 Å². The maximum absolute atomic E-state index is 10.4. The van der Waals surface area contributed by atoms with Crippen molar-refractivity contribution in [2.24, 2.45) is 5.92 Å². The Kier molecular flexibility index (Phi) is 1.62. The third-order valence-electron chi connectivity index (χ3n) is 2.35. The number of carbonyl (C=O) groups excluding carboxylic acids is 1. The van der Waals surface area contributed by atoms with E-state index in [0.717, 1.165) is 12.7 Å². The molecule has 0 radical (unpaired) electrons. The summed E-state index contributed by atoms with van der Waals surface area (Å²) in [5, 5.41) is 3.24. The summed E-state index contributed by atoms with van der Waals surface area (Å²) in [6, 6.07) is 0.465. The van der Waals surface area contributed by atoms with Crippen LogP contribution in [-0.2, 0) is 4.79 Å². The summed E-state index contributed by atoms with van der Waals surface area (Å²) in [6.07, 6.45) is 10.3. The van der Waals surface area contributed by atoms with Gasteiger partial charge in [-0.2, -0.15) is 0 Å².